The Morgan fingerprint density at radius 2 is 2.05 bits per heavy atom. The first-order valence-electron chi connectivity index (χ1n) is 6.98. The highest BCUT2D eigenvalue weighted by atomic mass is 16.5. The lowest BCUT2D eigenvalue weighted by atomic mass is 9.98. The van der Waals surface area contributed by atoms with Crippen LogP contribution in [0.3, 0.4) is 0 Å². The van der Waals surface area contributed by atoms with Gasteiger partial charge in [-0.25, -0.2) is 0 Å². The lowest BCUT2D eigenvalue weighted by Crippen LogP contribution is -2.30. The summed E-state index contributed by atoms with van der Waals surface area (Å²) in [6.07, 6.45) is 1.07. The van der Waals surface area contributed by atoms with E-state index in [4.69, 9.17) is 10.5 Å². The van der Waals surface area contributed by atoms with Crippen LogP contribution in [-0.4, -0.2) is 18.6 Å². The van der Waals surface area contributed by atoms with Crippen molar-refractivity contribution in [3.63, 3.8) is 0 Å². The van der Waals surface area contributed by atoms with E-state index in [0.29, 0.717) is 0 Å². The monoisotopic (exact) mass is 268 g/mol. The van der Waals surface area contributed by atoms with E-state index in [-0.39, 0.29) is 0 Å². The number of benzene rings is 2. The van der Waals surface area contributed by atoms with Gasteiger partial charge >= 0.3 is 0 Å². The number of hydrogen-bond acceptors (Lipinski definition) is 3. The Balaban J connectivity index is 1.75. The number of nitrogens with two attached hydrogens (primary N) is 1. The SMILES string of the molecule is COc1cccc(CN2CCc3cccc(N)c3C2)c1. The first-order valence-corrected chi connectivity index (χ1v) is 6.98. The van der Waals surface area contributed by atoms with E-state index in [9.17, 15) is 0 Å². The molecule has 0 unspecified atom stereocenters. The summed E-state index contributed by atoms with van der Waals surface area (Å²) in [5.41, 5.74) is 11.0. The Hall–Kier alpha value is -2.00. The van der Waals surface area contributed by atoms with Crippen LogP contribution in [0, 0.1) is 0 Å². The van der Waals surface area contributed by atoms with Gasteiger partial charge in [0.2, 0.25) is 0 Å². The van der Waals surface area contributed by atoms with Crippen molar-refractivity contribution >= 4 is 5.69 Å². The van der Waals surface area contributed by atoms with Gasteiger partial charge in [0.25, 0.3) is 0 Å². The maximum absolute atomic E-state index is 6.10. The van der Waals surface area contributed by atoms with Gasteiger partial charge in [0.05, 0.1) is 7.11 Å². The number of nitrogen functional groups attached to an aromatic ring is 1. The van der Waals surface area contributed by atoms with Crippen LogP contribution in [0.25, 0.3) is 0 Å². The summed E-state index contributed by atoms with van der Waals surface area (Å²) in [6.45, 7) is 2.94. The van der Waals surface area contributed by atoms with Crippen LogP contribution in [0.2, 0.25) is 0 Å². The maximum atomic E-state index is 6.10. The van der Waals surface area contributed by atoms with E-state index in [0.717, 1.165) is 37.5 Å². The maximum Gasteiger partial charge on any atom is 0.119 e. The molecule has 0 saturated heterocycles. The van der Waals surface area contributed by atoms with Crippen molar-refractivity contribution < 1.29 is 4.74 Å². The molecule has 104 valence electrons. The molecule has 0 atom stereocenters. The lowest BCUT2D eigenvalue weighted by Gasteiger charge is -2.29. The summed E-state index contributed by atoms with van der Waals surface area (Å²) in [7, 11) is 1.71. The minimum Gasteiger partial charge on any atom is -0.497 e. The second-order valence-corrected chi connectivity index (χ2v) is 5.30. The molecule has 2 aromatic carbocycles. The van der Waals surface area contributed by atoms with Crippen molar-refractivity contribution in [2.75, 3.05) is 19.4 Å². The molecule has 0 radical (unpaired) electrons. The molecule has 1 aliphatic rings. The van der Waals surface area contributed by atoms with Gasteiger partial charge in [0.1, 0.15) is 5.75 Å². The molecule has 0 aromatic heterocycles. The molecule has 3 heteroatoms. The van der Waals surface area contributed by atoms with Gasteiger partial charge in [-0.15, -0.1) is 0 Å². The fourth-order valence-electron chi connectivity index (χ4n) is 2.83. The van der Waals surface area contributed by atoms with Gasteiger partial charge in [-0.3, -0.25) is 4.90 Å². The number of fused-ring (bicyclic) bond motifs is 1. The Kier molecular flexibility index (Phi) is 3.61. The summed E-state index contributed by atoms with van der Waals surface area (Å²) in [6, 6.07) is 14.5. The lowest BCUT2D eigenvalue weighted by molar-refractivity contribution is 0.246. The van der Waals surface area contributed by atoms with E-state index in [1.807, 2.05) is 24.3 Å². The summed E-state index contributed by atoms with van der Waals surface area (Å²) in [5.74, 6) is 0.916. The largest absolute Gasteiger partial charge is 0.497 e. The van der Waals surface area contributed by atoms with Gasteiger partial charge in [0, 0.05) is 25.3 Å². The number of hydrogen-bond donors (Lipinski definition) is 1. The summed E-state index contributed by atoms with van der Waals surface area (Å²) in [4.78, 5) is 2.44. The molecular formula is C17H20N2O. The first kappa shape index (κ1) is 13.0. The van der Waals surface area contributed by atoms with Crippen LogP contribution in [0.1, 0.15) is 16.7 Å². The zero-order valence-corrected chi connectivity index (χ0v) is 11.8. The van der Waals surface area contributed by atoms with Gasteiger partial charge < -0.3 is 10.5 Å². The van der Waals surface area contributed by atoms with E-state index >= 15 is 0 Å². The smallest absolute Gasteiger partial charge is 0.119 e. The molecule has 3 nitrogen and oxygen atoms in total. The Morgan fingerprint density at radius 3 is 2.90 bits per heavy atom. The molecule has 0 saturated carbocycles. The van der Waals surface area contributed by atoms with Crippen LogP contribution >= 0.6 is 0 Å². The summed E-state index contributed by atoms with van der Waals surface area (Å²) < 4.78 is 5.28. The van der Waals surface area contributed by atoms with Crippen molar-refractivity contribution in [2.45, 2.75) is 19.5 Å². The number of rotatable bonds is 3. The van der Waals surface area contributed by atoms with Crippen LogP contribution < -0.4 is 10.5 Å². The summed E-state index contributed by atoms with van der Waals surface area (Å²) >= 11 is 0. The third-order valence-electron chi connectivity index (χ3n) is 3.93. The number of ether oxygens (including phenoxy) is 1. The number of anilines is 1. The van der Waals surface area contributed by atoms with E-state index < -0.39 is 0 Å². The van der Waals surface area contributed by atoms with Gasteiger partial charge in [0.15, 0.2) is 0 Å². The van der Waals surface area contributed by atoms with E-state index in [1.165, 1.54) is 16.7 Å². The number of methoxy groups -OCH3 is 1. The van der Waals surface area contributed by atoms with Crippen molar-refractivity contribution in [1.82, 2.24) is 4.90 Å². The highest BCUT2D eigenvalue weighted by Gasteiger charge is 2.18. The Bertz CT molecular complexity index is 610. The minimum absolute atomic E-state index is 0.915. The third kappa shape index (κ3) is 2.63. The van der Waals surface area contributed by atoms with Crippen LogP contribution in [0.15, 0.2) is 42.5 Å². The normalized spacial score (nSPS) is 14.8. The fraction of sp³-hybridized carbons (Fsp3) is 0.294. The topological polar surface area (TPSA) is 38.5 Å². The zero-order valence-electron chi connectivity index (χ0n) is 11.8. The minimum atomic E-state index is 0.915. The van der Waals surface area contributed by atoms with Crippen molar-refractivity contribution in [1.29, 1.82) is 0 Å². The number of nitrogens with zero attached hydrogens (tertiary/aromatic N) is 1. The first-order chi connectivity index (χ1) is 9.76. The summed E-state index contributed by atoms with van der Waals surface area (Å²) in [5, 5.41) is 0. The van der Waals surface area contributed by atoms with Gasteiger partial charge in [-0.05, 0) is 41.3 Å². The van der Waals surface area contributed by atoms with Crippen LogP contribution in [0.5, 0.6) is 5.75 Å². The zero-order chi connectivity index (χ0) is 13.9. The molecular weight excluding hydrogens is 248 g/mol. The molecule has 0 aliphatic carbocycles. The van der Waals surface area contributed by atoms with Crippen LogP contribution in [0.4, 0.5) is 5.69 Å². The molecule has 0 amide bonds. The molecule has 20 heavy (non-hydrogen) atoms. The molecule has 0 fully saturated rings. The van der Waals surface area contributed by atoms with Gasteiger partial charge in [-0.2, -0.15) is 0 Å². The average Bonchev–Trinajstić information content (AvgIpc) is 2.48. The third-order valence-corrected chi connectivity index (χ3v) is 3.93. The average molecular weight is 268 g/mol. The highest BCUT2D eigenvalue weighted by molar-refractivity contribution is 5.51. The van der Waals surface area contributed by atoms with Crippen molar-refractivity contribution in [3.05, 3.63) is 59.2 Å². The van der Waals surface area contributed by atoms with Gasteiger partial charge in [-0.1, -0.05) is 24.3 Å². The second-order valence-electron chi connectivity index (χ2n) is 5.30. The standard InChI is InChI=1S/C17H20N2O/c1-20-15-6-2-4-13(10-15)11-19-9-8-14-5-3-7-17(18)16(14)12-19/h2-7,10H,8-9,11-12,18H2,1H3. The molecule has 0 spiro atoms. The molecule has 2 N–H and O–H groups in total. The van der Waals surface area contributed by atoms with Crippen molar-refractivity contribution in [2.24, 2.45) is 0 Å². The highest BCUT2D eigenvalue weighted by Crippen LogP contribution is 2.25. The second kappa shape index (κ2) is 5.55. The van der Waals surface area contributed by atoms with Crippen LogP contribution in [-0.2, 0) is 19.5 Å². The van der Waals surface area contributed by atoms with E-state index in [1.54, 1.807) is 7.11 Å². The Morgan fingerprint density at radius 1 is 1.20 bits per heavy atom. The predicted octanol–water partition coefficient (Wildman–Crippen LogP) is 2.84. The molecule has 3 rings (SSSR count). The quantitative estimate of drug-likeness (QED) is 0.870. The molecule has 2 aromatic rings. The molecule has 1 aliphatic heterocycles. The van der Waals surface area contributed by atoms with Crippen molar-refractivity contribution in [3.8, 4) is 5.75 Å². The Labute approximate surface area is 120 Å². The molecule has 1 heterocycles. The fourth-order valence-corrected chi connectivity index (χ4v) is 2.83. The molecule has 0 bridgehead atoms. The predicted molar refractivity (Wildman–Crippen MR) is 81.7 cm³/mol. The van der Waals surface area contributed by atoms with E-state index in [2.05, 4.69) is 23.1 Å².